The molecule has 136 valence electrons. The number of carbonyl (C=O) groups excluding carboxylic acids is 1. The Balaban J connectivity index is 1.62. The number of likely N-dealkylation sites (tertiary alicyclic amines) is 1. The summed E-state index contributed by atoms with van der Waals surface area (Å²) in [6.07, 6.45) is 6.95. The maximum Gasteiger partial charge on any atom is 0.247 e. The Kier molecular flexibility index (Phi) is 6.11. The zero-order chi connectivity index (χ0) is 18.4. The Morgan fingerprint density at radius 3 is 2.54 bits per heavy atom. The second-order valence-electron chi connectivity index (χ2n) is 7.05. The molecule has 26 heavy (non-hydrogen) atoms. The number of piperidine rings is 1. The van der Waals surface area contributed by atoms with E-state index >= 15 is 0 Å². The molecule has 0 radical (unpaired) electrons. The lowest BCUT2D eigenvalue weighted by atomic mass is 9.97. The van der Waals surface area contributed by atoms with Crippen LogP contribution in [0.5, 0.6) is 5.75 Å². The van der Waals surface area contributed by atoms with Crippen LogP contribution < -0.4 is 4.74 Å². The summed E-state index contributed by atoms with van der Waals surface area (Å²) < 4.78 is 5.86. The molecule has 0 bridgehead atoms. The summed E-state index contributed by atoms with van der Waals surface area (Å²) >= 11 is 0. The topological polar surface area (TPSA) is 29.5 Å². The molecular formula is C23H27NO2. The highest BCUT2D eigenvalue weighted by Gasteiger charge is 2.27. The van der Waals surface area contributed by atoms with E-state index in [0.29, 0.717) is 18.7 Å². The first kappa shape index (κ1) is 18.2. The van der Waals surface area contributed by atoms with Crippen LogP contribution in [0, 0.1) is 0 Å². The second kappa shape index (κ2) is 8.70. The largest absolute Gasteiger partial charge is 0.489 e. The lowest BCUT2D eigenvalue weighted by Gasteiger charge is -2.38. The molecule has 0 aromatic heterocycles. The van der Waals surface area contributed by atoms with Crippen LogP contribution in [0.3, 0.4) is 0 Å². The SMILES string of the molecule is CC1CCCC(C)N1C(=O)/C=C/c1cccc(OCc2ccccc2)c1. The lowest BCUT2D eigenvalue weighted by Crippen LogP contribution is -2.46. The van der Waals surface area contributed by atoms with E-state index in [-0.39, 0.29) is 5.91 Å². The highest BCUT2D eigenvalue weighted by atomic mass is 16.5. The van der Waals surface area contributed by atoms with Crippen LogP contribution in [-0.4, -0.2) is 22.9 Å². The molecule has 2 atom stereocenters. The Labute approximate surface area is 156 Å². The van der Waals surface area contributed by atoms with Crippen LogP contribution in [0.2, 0.25) is 0 Å². The van der Waals surface area contributed by atoms with Gasteiger partial charge in [0, 0.05) is 18.2 Å². The Morgan fingerprint density at radius 1 is 1.08 bits per heavy atom. The van der Waals surface area contributed by atoms with E-state index in [2.05, 4.69) is 13.8 Å². The van der Waals surface area contributed by atoms with E-state index in [1.807, 2.05) is 65.6 Å². The van der Waals surface area contributed by atoms with Gasteiger partial charge in [0.05, 0.1) is 0 Å². The summed E-state index contributed by atoms with van der Waals surface area (Å²) in [5.74, 6) is 0.906. The average Bonchev–Trinajstić information content (AvgIpc) is 2.66. The fraction of sp³-hybridized carbons (Fsp3) is 0.348. The maximum absolute atomic E-state index is 12.6. The van der Waals surface area contributed by atoms with Gasteiger partial charge in [-0.05, 0) is 62.4 Å². The molecule has 3 heteroatoms. The number of benzene rings is 2. The smallest absolute Gasteiger partial charge is 0.247 e. The van der Waals surface area contributed by atoms with E-state index in [4.69, 9.17) is 4.74 Å². The third-order valence-corrected chi connectivity index (χ3v) is 4.97. The summed E-state index contributed by atoms with van der Waals surface area (Å²) in [7, 11) is 0. The molecule has 2 unspecified atom stereocenters. The average molecular weight is 349 g/mol. The second-order valence-corrected chi connectivity index (χ2v) is 7.05. The standard InChI is InChI=1S/C23H27NO2/c1-18-8-6-9-19(2)24(18)23(25)15-14-20-12-7-13-22(16-20)26-17-21-10-4-3-5-11-21/h3-5,7,10-16,18-19H,6,8-9,17H2,1-2H3/b15-14+. The Hall–Kier alpha value is -2.55. The molecule has 1 aliphatic rings. The molecule has 3 nitrogen and oxygen atoms in total. The molecule has 1 fully saturated rings. The van der Waals surface area contributed by atoms with Gasteiger partial charge >= 0.3 is 0 Å². The summed E-state index contributed by atoms with van der Waals surface area (Å²) in [4.78, 5) is 14.6. The summed E-state index contributed by atoms with van der Waals surface area (Å²) in [5.41, 5.74) is 2.11. The fourth-order valence-corrected chi connectivity index (χ4v) is 3.56. The summed E-state index contributed by atoms with van der Waals surface area (Å²) in [6.45, 7) is 4.81. The minimum absolute atomic E-state index is 0.0975. The van der Waals surface area contributed by atoms with Crippen LogP contribution >= 0.6 is 0 Å². The van der Waals surface area contributed by atoms with Crippen molar-refractivity contribution >= 4 is 12.0 Å². The third-order valence-electron chi connectivity index (χ3n) is 4.97. The first-order valence-electron chi connectivity index (χ1n) is 9.40. The van der Waals surface area contributed by atoms with Crippen LogP contribution in [-0.2, 0) is 11.4 Å². The quantitative estimate of drug-likeness (QED) is 0.706. The molecular weight excluding hydrogens is 322 g/mol. The summed E-state index contributed by atoms with van der Waals surface area (Å²) in [6, 6.07) is 18.6. The number of amides is 1. The fourth-order valence-electron chi connectivity index (χ4n) is 3.56. The van der Waals surface area contributed by atoms with Crippen molar-refractivity contribution in [2.75, 3.05) is 0 Å². The number of carbonyl (C=O) groups is 1. The molecule has 1 amide bonds. The van der Waals surface area contributed by atoms with Crippen molar-refractivity contribution in [2.45, 2.75) is 51.8 Å². The Bertz CT molecular complexity index is 744. The van der Waals surface area contributed by atoms with Crippen molar-refractivity contribution in [3.8, 4) is 5.75 Å². The molecule has 0 spiro atoms. The van der Waals surface area contributed by atoms with Crippen molar-refractivity contribution in [2.24, 2.45) is 0 Å². The first-order chi connectivity index (χ1) is 12.6. The van der Waals surface area contributed by atoms with E-state index < -0.39 is 0 Å². The molecule has 3 rings (SSSR count). The van der Waals surface area contributed by atoms with Gasteiger partial charge < -0.3 is 9.64 Å². The number of ether oxygens (including phenoxy) is 1. The number of rotatable bonds is 5. The molecule has 0 aliphatic carbocycles. The number of hydrogen-bond donors (Lipinski definition) is 0. The Morgan fingerprint density at radius 2 is 1.81 bits per heavy atom. The zero-order valence-corrected chi connectivity index (χ0v) is 15.6. The van der Waals surface area contributed by atoms with Crippen LogP contribution in [0.4, 0.5) is 0 Å². The van der Waals surface area contributed by atoms with Gasteiger partial charge in [-0.15, -0.1) is 0 Å². The van der Waals surface area contributed by atoms with Gasteiger partial charge in [0.15, 0.2) is 0 Å². The van der Waals surface area contributed by atoms with Gasteiger partial charge in [-0.25, -0.2) is 0 Å². The van der Waals surface area contributed by atoms with E-state index in [0.717, 1.165) is 29.7 Å². The van der Waals surface area contributed by atoms with E-state index in [1.165, 1.54) is 6.42 Å². The van der Waals surface area contributed by atoms with Crippen LogP contribution in [0.15, 0.2) is 60.7 Å². The molecule has 2 aromatic carbocycles. The predicted octanol–water partition coefficient (Wildman–Crippen LogP) is 5.07. The van der Waals surface area contributed by atoms with Gasteiger partial charge in [-0.1, -0.05) is 42.5 Å². The highest BCUT2D eigenvalue weighted by molar-refractivity contribution is 5.92. The molecule has 1 aliphatic heterocycles. The summed E-state index contributed by atoms with van der Waals surface area (Å²) in [5, 5.41) is 0. The minimum Gasteiger partial charge on any atom is -0.489 e. The van der Waals surface area contributed by atoms with Crippen molar-refractivity contribution in [1.29, 1.82) is 0 Å². The number of hydrogen-bond acceptors (Lipinski definition) is 2. The van der Waals surface area contributed by atoms with Crippen molar-refractivity contribution in [1.82, 2.24) is 4.90 Å². The van der Waals surface area contributed by atoms with Crippen molar-refractivity contribution < 1.29 is 9.53 Å². The van der Waals surface area contributed by atoms with Crippen molar-refractivity contribution in [3.63, 3.8) is 0 Å². The third kappa shape index (κ3) is 4.75. The van der Waals surface area contributed by atoms with Gasteiger partial charge in [0.2, 0.25) is 5.91 Å². The van der Waals surface area contributed by atoms with Gasteiger partial charge in [-0.3, -0.25) is 4.79 Å². The van der Waals surface area contributed by atoms with Gasteiger partial charge in [0.1, 0.15) is 12.4 Å². The lowest BCUT2D eigenvalue weighted by molar-refractivity contribution is -0.131. The van der Waals surface area contributed by atoms with E-state index in [1.54, 1.807) is 6.08 Å². The normalized spacial score (nSPS) is 20.3. The predicted molar refractivity (Wildman–Crippen MR) is 106 cm³/mol. The minimum atomic E-state index is 0.0975. The molecule has 0 saturated carbocycles. The number of nitrogens with zero attached hydrogens (tertiary/aromatic N) is 1. The highest BCUT2D eigenvalue weighted by Crippen LogP contribution is 2.23. The molecule has 0 N–H and O–H groups in total. The van der Waals surface area contributed by atoms with Crippen LogP contribution in [0.1, 0.15) is 44.2 Å². The van der Waals surface area contributed by atoms with Gasteiger partial charge in [-0.2, -0.15) is 0 Å². The molecule has 2 aromatic rings. The monoisotopic (exact) mass is 349 g/mol. The van der Waals surface area contributed by atoms with E-state index in [9.17, 15) is 4.79 Å². The molecule has 1 heterocycles. The zero-order valence-electron chi connectivity index (χ0n) is 15.6. The van der Waals surface area contributed by atoms with Crippen LogP contribution in [0.25, 0.3) is 6.08 Å². The molecule has 1 saturated heterocycles. The van der Waals surface area contributed by atoms with Gasteiger partial charge in [0.25, 0.3) is 0 Å². The van der Waals surface area contributed by atoms with Crippen molar-refractivity contribution in [3.05, 3.63) is 71.8 Å². The first-order valence-corrected chi connectivity index (χ1v) is 9.40. The maximum atomic E-state index is 12.6.